The van der Waals surface area contributed by atoms with E-state index in [4.69, 9.17) is 0 Å². The van der Waals surface area contributed by atoms with Crippen LogP contribution >= 0.6 is 0 Å². The van der Waals surface area contributed by atoms with Gasteiger partial charge in [-0.05, 0) is 36.6 Å². The van der Waals surface area contributed by atoms with Crippen LogP contribution in [0.2, 0.25) is 0 Å². The molecule has 1 aromatic heterocycles. The fourth-order valence-electron chi connectivity index (χ4n) is 2.06. The van der Waals surface area contributed by atoms with Crippen molar-refractivity contribution in [3.63, 3.8) is 0 Å². The van der Waals surface area contributed by atoms with Crippen LogP contribution < -0.4 is 16.0 Å². The van der Waals surface area contributed by atoms with Crippen LogP contribution in [-0.4, -0.2) is 28.3 Å². The molecule has 0 fully saturated rings. The quantitative estimate of drug-likeness (QED) is 0.719. The number of amides is 2. The van der Waals surface area contributed by atoms with Gasteiger partial charge in [0.05, 0.1) is 12.4 Å². The number of anilines is 3. The Hall–Kier alpha value is -2.96. The molecule has 0 unspecified atom stereocenters. The van der Waals surface area contributed by atoms with Gasteiger partial charge in [-0.1, -0.05) is 13.8 Å². The van der Waals surface area contributed by atoms with E-state index < -0.39 is 0 Å². The molecule has 0 spiro atoms. The molecule has 0 bridgehead atoms. The van der Waals surface area contributed by atoms with Gasteiger partial charge >= 0.3 is 0 Å². The number of nitrogens with one attached hydrogen (secondary N) is 3. The van der Waals surface area contributed by atoms with E-state index >= 15 is 0 Å². The number of nitrogens with zero attached hydrogens (tertiary/aromatic N) is 2. The van der Waals surface area contributed by atoms with Gasteiger partial charge in [-0.3, -0.25) is 9.59 Å². The van der Waals surface area contributed by atoms with E-state index in [1.54, 1.807) is 12.1 Å². The smallest absolute Gasteiger partial charge is 0.271 e. The van der Waals surface area contributed by atoms with Gasteiger partial charge in [0.2, 0.25) is 5.91 Å². The highest BCUT2D eigenvalue weighted by atomic mass is 16.2. The fraction of sp³-hybridized carbons (Fsp3) is 0.333. The van der Waals surface area contributed by atoms with Gasteiger partial charge in [-0.2, -0.15) is 0 Å². The highest BCUT2D eigenvalue weighted by Crippen LogP contribution is 2.17. The molecule has 0 saturated heterocycles. The Morgan fingerprint density at radius 3 is 2.28 bits per heavy atom. The molecule has 25 heavy (non-hydrogen) atoms. The summed E-state index contributed by atoms with van der Waals surface area (Å²) in [5.74, 6) is 0.731. The molecule has 1 aromatic carbocycles. The molecule has 2 rings (SSSR count). The number of aromatic nitrogens is 2. The third-order valence-electron chi connectivity index (χ3n) is 3.37. The van der Waals surface area contributed by atoms with E-state index in [0.29, 0.717) is 18.3 Å². The molecule has 0 radical (unpaired) electrons. The van der Waals surface area contributed by atoms with E-state index in [1.807, 2.05) is 12.1 Å². The second-order valence-corrected chi connectivity index (χ2v) is 6.11. The van der Waals surface area contributed by atoms with Crippen molar-refractivity contribution in [1.82, 2.24) is 15.3 Å². The highest BCUT2D eigenvalue weighted by Gasteiger charge is 2.08. The first-order chi connectivity index (χ1) is 11.9. The average Bonchev–Trinajstić information content (AvgIpc) is 2.56. The Bertz CT molecular complexity index is 711. The summed E-state index contributed by atoms with van der Waals surface area (Å²) in [4.78, 5) is 31.3. The van der Waals surface area contributed by atoms with Crippen molar-refractivity contribution in [2.75, 3.05) is 17.2 Å². The van der Waals surface area contributed by atoms with E-state index in [2.05, 4.69) is 39.8 Å². The SMILES string of the molecule is CC(=O)Nc1ccc(Nc2cnc(C(=O)NCCC(C)C)cn2)cc1. The summed E-state index contributed by atoms with van der Waals surface area (Å²) in [6.07, 6.45) is 3.88. The van der Waals surface area contributed by atoms with Crippen LogP contribution in [0.25, 0.3) is 0 Å². The third-order valence-corrected chi connectivity index (χ3v) is 3.37. The summed E-state index contributed by atoms with van der Waals surface area (Å²) < 4.78 is 0. The van der Waals surface area contributed by atoms with Crippen molar-refractivity contribution in [3.05, 3.63) is 42.4 Å². The summed E-state index contributed by atoms with van der Waals surface area (Å²) in [5, 5.41) is 8.62. The number of carbonyl (C=O) groups excluding carboxylic acids is 2. The van der Waals surface area contributed by atoms with Crippen molar-refractivity contribution >= 4 is 29.0 Å². The molecule has 1 heterocycles. The number of rotatable bonds is 7. The van der Waals surface area contributed by atoms with Gasteiger partial charge in [0.25, 0.3) is 5.91 Å². The Morgan fingerprint density at radius 1 is 1.04 bits per heavy atom. The molecule has 0 atom stereocenters. The van der Waals surface area contributed by atoms with Crippen molar-refractivity contribution in [2.45, 2.75) is 27.2 Å². The summed E-state index contributed by atoms with van der Waals surface area (Å²) in [7, 11) is 0. The molecule has 2 amide bonds. The molecule has 0 aliphatic rings. The third kappa shape index (κ3) is 6.21. The lowest BCUT2D eigenvalue weighted by atomic mass is 10.1. The first kappa shape index (κ1) is 18.4. The Morgan fingerprint density at radius 2 is 1.72 bits per heavy atom. The van der Waals surface area contributed by atoms with Gasteiger partial charge in [-0.15, -0.1) is 0 Å². The fourth-order valence-corrected chi connectivity index (χ4v) is 2.06. The predicted molar refractivity (Wildman–Crippen MR) is 97.8 cm³/mol. The molecule has 0 aliphatic carbocycles. The van der Waals surface area contributed by atoms with Crippen LogP contribution in [0, 0.1) is 5.92 Å². The molecule has 0 saturated carbocycles. The second-order valence-electron chi connectivity index (χ2n) is 6.11. The Labute approximate surface area is 147 Å². The maximum atomic E-state index is 12.0. The zero-order valence-electron chi connectivity index (χ0n) is 14.7. The Balaban J connectivity index is 1.91. The van der Waals surface area contributed by atoms with Crippen LogP contribution in [-0.2, 0) is 4.79 Å². The summed E-state index contributed by atoms with van der Waals surface area (Å²) in [5.41, 5.74) is 1.81. The molecule has 0 aliphatic heterocycles. The van der Waals surface area contributed by atoms with Crippen molar-refractivity contribution in [3.8, 4) is 0 Å². The standard InChI is InChI=1S/C18H23N5O2/c1-12(2)8-9-19-18(25)16-10-21-17(11-20-16)23-15-6-4-14(5-7-15)22-13(3)24/h4-7,10-12H,8-9H2,1-3H3,(H,19,25)(H,21,23)(H,22,24). The Kier molecular flexibility index (Phi) is 6.45. The number of hydrogen-bond donors (Lipinski definition) is 3. The van der Waals surface area contributed by atoms with E-state index in [9.17, 15) is 9.59 Å². The minimum atomic E-state index is -0.223. The van der Waals surface area contributed by atoms with Gasteiger partial charge in [-0.25, -0.2) is 9.97 Å². The summed E-state index contributed by atoms with van der Waals surface area (Å²) in [6.45, 7) is 6.30. The molecule has 7 nitrogen and oxygen atoms in total. The van der Waals surface area contributed by atoms with Crippen LogP contribution in [0.15, 0.2) is 36.7 Å². The second kappa shape index (κ2) is 8.77. The first-order valence-corrected chi connectivity index (χ1v) is 8.19. The first-order valence-electron chi connectivity index (χ1n) is 8.19. The molecule has 132 valence electrons. The average molecular weight is 341 g/mol. The van der Waals surface area contributed by atoms with Crippen molar-refractivity contribution < 1.29 is 9.59 Å². The van der Waals surface area contributed by atoms with E-state index in [-0.39, 0.29) is 17.5 Å². The molecule has 3 N–H and O–H groups in total. The number of benzene rings is 1. The minimum absolute atomic E-state index is 0.117. The highest BCUT2D eigenvalue weighted by molar-refractivity contribution is 5.92. The maximum absolute atomic E-state index is 12.0. The maximum Gasteiger partial charge on any atom is 0.271 e. The number of hydrogen-bond acceptors (Lipinski definition) is 5. The normalized spacial score (nSPS) is 10.4. The van der Waals surface area contributed by atoms with Crippen LogP contribution in [0.4, 0.5) is 17.2 Å². The van der Waals surface area contributed by atoms with Gasteiger partial charge < -0.3 is 16.0 Å². The van der Waals surface area contributed by atoms with Gasteiger partial charge in [0, 0.05) is 24.8 Å². The van der Waals surface area contributed by atoms with Crippen LogP contribution in [0.5, 0.6) is 0 Å². The van der Waals surface area contributed by atoms with E-state index in [1.165, 1.54) is 19.3 Å². The summed E-state index contributed by atoms with van der Waals surface area (Å²) >= 11 is 0. The number of carbonyl (C=O) groups is 2. The zero-order valence-corrected chi connectivity index (χ0v) is 14.7. The zero-order chi connectivity index (χ0) is 18.2. The topological polar surface area (TPSA) is 96.0 Å². The molecular formula is C18H23N5O2. The van der Waals surface area contributed by atoms with Gasteiger partial charge in [0.1, 0.15) is 11.5 Å². The summed E-state index contributed by atoms with van der Waals surface area (Å²) in [6, 6.07) is 7.21. The predicted octanol–water partition coefficient (Wildman–Crippen LogP) is 2.95. The van der Waals surface area contributed by atoms with Crippen LogP contribution in [0.3, 0.4) is 0 Å². The van der Waals surface area contributed by atoms with Crippen molar-refractivity contribution in [1.29, 1.82) is 0 Å². The van der Waals surface area contributed by atoms with Crippen molar-refractivity contribution in [2.24, 2.45) is 5.92 Å². The lowest BCUT2D eigenvalue weighted by molar-refractivity contribution is -0.114. The van der Waals surface area contributed by atoms with Gasteiger partial charge in [0.15, 0.2) is 0 Å². The largest absolute Gasteiger partial charge is 0.351 e. The van der Waals surface area contributed by atoms with E-state index in [0.717, 1.165) is 17.8 Å². The molecule has 2 aromatic rings. The molecular weight excluding hydrogens is 318 g/mol. The lowest BCUT2D eigenvalue weighted by Gasteiger charge is -2.08. The van der Waals surface area contributed by atoms with Crippen LogP contribution in [0.1, 0.15) is 37.7 Å². The monoisotopic (exact) mass is 341 g/mol. The minimum Gasteiger partial charge on any atom is -0.351 e. The lowest BCUT2D eigenvalue weighted by Crippen LogP contribution is -2.26. The molecule has 7 heteroatoms.